The first-order valence-electron chi connectivity index (χ1n) is 9.58. The van der Waals surface area contributed by atoms with Crippen LogP contribution in [0, 0.1) is 10.1 Å². The third kappa shape index (κ3) is 3.40. The molecule has 148 valence electrons. The first kappa shape index (κ1) is 18.9. The zero-order valence-electron chi connectivity index (χ0n) is 15.9. The molecule has 1 atom stereocenters. The lowest BCUT2D eigenvalue weighted by Crippen LogP contribution is -2.31. The van der Waals surface area contributed by atoms with Crippen molar-refractivity contribution in [2.75, 3.05) is 5.73 Å². The van der Waals surface area contributed by atoms with Crippen molar-refractivity contribution < 1.29 is 9.72 Å². The fourth-order valence-electron chi connectivity index (χ4n) is 4.11. The number of fused-ring (bicyclic) bond motifs is 2. The maximum atomic E-state index is 13.1. The summed E-state index contributed by atoms with van der Waals surface area (Å²) in [5, 5.41) is 15.7. The fourth-order valence-corrected chi connectivity index (χ4v) is 4.11. The van der Waals surface area contributed by atoms with E-state index in [1.54, 1.807) is 30.3 Å². The van der Waals surface area contributed by atoms with Crippen LogP contribution in [-0.2, 0) is 13.0 Å². The van der Waals surface area contributed by atoms with Gasteiger partial charge in [-0.2, -0.15) is 0 Å². The second kappa shape index (κ2) is 7.52. The van der Waals surface area contributed by atoms with Crippen molar-refractivity contribution in [3.05, 3.63) is 80.9 Å². The minimum Gasteiger partial charge on any atom is -0.392 e. The van der Waals surface area contributed by atoms with Gasteiger partial charge in [0.15, 0.2) is 0 Å². The number of nitro benzene ring substituents is 1. The van der Waals surface area contributed by atoms with Gasteiger partial charge in [-0.15, -0.1) is 0 Å². The van der Waals surface area contributed by atoms with Crippen molar-refractivity contribution in [1.82, 2.24) is 5.32 Å². The van der Waals surface area contributed by atoms with E-state index in [0.717, 1.165) is 30.4 Å². The van der Waals surface area contributed by atoms with Crippen molar-refractivity contribution in [1.29, 1.82) is 0 Å². The van der Waals surface area contributed by atoms with E-state index >= 15 is 0 Å². The molecular formula is C22H22N4O3. The summed E-state index contributed by atoms with van der Waals surface area (Å²) in [6, 6.07) is 14.4. The molecule has 0 fully saturated rings. The third-order valence-electron chi connectivity index (χ3n) is 5.55. The standard InChI is InChI=1S/C22H22N4O3/c23-12-13-8-9-16-14(10-13)5-3-7-19(16)25-22(27)18-11-15-4-1-2-6-17(15)21(20(18)24)26(28)29/h1-2,4,6,8-11,19H,3,5,7,12,23-24H2,(H,25,27). The summed E-state index contributed by atoms with van der Waals surface area (Å²) in [5.41, 5.74) is 14.9. The number of anilines is 1. The highest BCUT2D eigenvalue weighted by Crippen LogP contribution is 2.36. The Labute approximate surface area is 167 Å². The quantitative estimate of drug-likeness (QED) is 0.357. The van der Waals surface area contributed by atoms with E-state index < -0.39 is 10.8 Å². The molecule has 0 heterocycles. The van der Waals surface area contributed by atoms with Gasteiger partial charge in [0.2, 0.25) is 0 Å². The van der Waals surface area contributed by atoms with E-state index in [9.17, 15) is 14.9 Å². The van der Waals surface area contributed by atoms with Crippen LogP contribution in [0.1, 0.15) is 45.9 Å². The summed E-state index contributed by atoms with van der Waals surface area (Å²) in [5.74, 6) is -0.405. The molecule has 1 aliphatic rings. The Morgan fingerprint density at radius 2 is 2.00 bits per heavy atom. The summed E-state index contributed by atoms with van der Waals surface area (Å²) < 4.78 is 0. The van der Waals surface area contributed by atoms with Gasteiger partial charge < -0.3 is 16.8 Å². The lowest BCUT2D eigenvalue weighted by molar-refractivity contribution is -0.382. The summed E-state index contributed by atoms with van der Waals surface area (Å²) in [6.07, 6.45) is 2.69. The van der Waals surface area contributed by atoms with Crippen molar-refractivity contribution >= 4 is 28.1 Å². The van der Waals surface area contributed by atoms with Gasteiger partial charge in [0.25, 0.3) is 5.91 Å². The molecule has 1 amide bonds. The summed E-state index contributed by atoms with van der Waals surface area (Å²) in [4.78, 5) is 24.1. The van der Waals surface area contributed by atoms with Crippen molar-refractivity contribution in [3.63, 3.8) is 0 Å². The minimum atomic E-state index is -0.529. The van der Waals surface area contributed by atoms with E-state index in [0.29, 0.717) is 17.3 Å². The third-order valence-corrected chi connectivity index (χ3v) is 5.55. The van der Waals surface area contributed by atoms with Crippen LogP contribution in [0.15, 0.2) is 48.5 Å². The highest BCUT2D eigenvalue weighted by atomic mass is 16.6. The predicted octanol–water partition coefficient (Wildman–Crippen LogP) is 3.60. The van der Waals surface area contributed by atoms with Crippen molar-refractivity contribution in [2.24, 2.45) is 5.73 Å². The van der Waals surface area contributed by atoms with Gasteiger partial charge in [-0.25, -0.2) is 0 Å². The Balaban J connectivity index is 1.71. The number of nitrogen functional groups attached to an aromatic ring is 1. The van der Waals surface area contributed by atoms with Crippen LogP contribution in [0.4, 0.5) is 11.4 Å². The van der Waals surface area contributed by atoms with Gasteiger partial charge in [-0.3, -0.25) is 14.9 Å². The van der Waals surface area contributed by atoms with Gasteiger partial charge in [0.1, 0.15) is 5.69 Å². The SMILES string of the molecule is NCc1ccc2c(c1)CCCC2NC(=O)c1cc2ccccc2c([N+](=O)[O-])c1N. The van der Waals surface area contributed by atoms with Gasteiger partial charge in [0.05, 0.1) is 21.9 Å². The number of aryl methyl sites for hydroxylation is 1. The van der Waals surface area contributed by atoms with E-state index in [4.69, 9.17) is 11.5 Å². The maximum Gasteiger partial charge on any atom is 0.300 e. The van der Waals surface area contributed by atoms with Crippen LogP contribution in [0.5, 0.6) is 0 Å². The Morgan fingerprint density at radius 1 is 1.21 bits per heavy atom. The summed E-state index contributed by atoms with van der Waals surface area (Å²) >= 11 is 0. The van der Waals surface area contributed by atoms with E-state index in [2.05, 4.69) is 11.4 Å². The minimum absolute atomic E-state index is 0.110. The van der Waals surface area contributed by atoms with Gasteiger partial charge in [-0.05, 0) is 53.5 Å². The number of nitrogens with two attached hydrogens (primary N) is 2. The molecule has 3 aromatic rings. The molecule has 7 heteroatoms. The molecule has 1 unspecified atom stereocenters. The normalized spacial score (nSPS) is 15.7. The smallest absolute Gasteiger partial charge is 0.300 e. The highest BCUT2D eigenvalue weighted by Gasteiger charge is 2.27. The maximum absolute atomic E-state index is 13.1. The number of benzene rings is 3. The van der Waals surface area contributed by atoms with Gasteiger partial charge in [0, 0.05) is 6.54 Å². The zero-order valence-corrected chi connectivity index (χ0v) is 15.9. The molecule has 0 aliphatic heterocycles. The first-order valence-corrected chi connectivity index (χ1v) is 9.58. The monoisotopic (exact) mass is 390 g/mol. The van der Waals surface area contributed by atoms with Crippen LogP contribution >= 0.6 is 0 Å². The number of nitrogens with one attached hydrogen (secondary N) is 1. The Morgan fingerprint density at radius 3 is 2.76 bits per heavy atom. The summed E-state index contributed by atoms with van der Waals surface area (Å²) in [6.45, 7) is 0.474. The highest BCUT2D eigenvalue weighted by molar-refractivity contribution is 6.09. The van der Waals surface area contributed by atoms with E-state index in [1.807, 2.05) is 12.1 Å². The summed E-state index contributed by atoms with van der Waals surface area (Å²) in [7, 11) is 0. The molecule has 0 bridgehead atoms. The van der Waals surface area contributed by atoms with Crippen molar-refractivity contribution in [2.45, 2.75) is 31.8 Å². The number of nitrogens with zero attached hydrogens (tertiary/aromatic N) is 1. The average Bonchev–Trinajstić information content (AvgIpc) is 2.72. The van der Waals surface area contributed by atoms with E-state index in [-0.39, 0.29) is 23.0 Å². The molecular weight excluding hydrogens is 368 g/mol. The Bertz CT molecular complexity index is 1130. The number of hydrogen-bond donors (Lipinski definition) is 3. The van der Waals surface area contributed by atoms with Crippen molar-refractivity contribution in [3.8, 4) is 0 Å². The molecule has 29 heavy (non-hydrogen) atoms. The average molecular weight is 390 g/mol. The predicted molar refractivity (Wildman–Crippen MR) is 112 cm³/mol. The molecule has 0 radical (unpaired) electrons. The molecule has 3 aromatic carbocycles. The molecule has 5 N–H and O–H groups in total. The fraction of sp³-hybridized carbons (Fsp3) is 0.227. The second-order valence-corrected chi connectivity index (χ2v) is 7.32. The molecule has 4 rings (SSSR count). The number of hydrogen-bond acceptors (Lipinski definition) is 5. The van der Waals surface area contributed by atoms with Gasteiger partial charge in [-0.1, -0.05) is 36.4 Å². The van der Waals surface area contributed by atoms with Crippen LogP contribution in [0.3, 0.4) is 0 Å². The van der Waals surface area contributed by atoms with Gasteiger partial charge >= 0.3 is 5.69 Å². The number of nitro groups is 1. The van der Waals surface area contributed by atoms with Crippen LogP contribution in [0.2, 0.25) is 0 Å². The molecule has 0 saturated carbocycles. The van der Waals surface area contributed by atoms with Crippen LogP contribution in [0.25, 0.3) is 10.8 Å². The van der Waals surface area contributed by atoms with Crippen LogP contribution < -0.4 is 16.8 Å². The molecule has 1 aliphatic carbocycles. The topological polar surface area (TPSA) is 124 Å². The van der Waals surface area contributed by atoms with E-state index in [1.165, 1.54) is 5.56 Å². The lowest BCUT2D eigenvalue weighted by Gasteiger charge is -2.27. The number of carbonyl (C=O) groups excluding carboxylic acids is 1. The first-order chi connectivity index (χ1) is 14.0. The molecule has 0 spiro atoms. The molecule has 0 saturated heterocycles. The lowest BCUT2D eigenvalue weighted by atomic mass is 9.86. The Kier molecular flexibility index (Phi) is 4.90. The zero-order chi connectivity index (χ0) is 20.5. The second-order valence-electron chi connectivity index (χ2n) is 7.32. The Hall–Kier alpha value is -3.45. The number of amides is 1. The van der Waals surface area contributed by atoms with Crippen LogP contribution in [-0.4, -0.2) is 10.8 Å². The molecule has 0 aromatic heterocycles. The number of rotatable bonds is 4. The number of carbonyl (C=O) groups is 1. The largest absolute Gasteiger partial charge is 0.392 e. The molecule has 7 nitrogen and oxygen atoms in total.